The van der Waals surface area contributed by atoms with E-state index in [1.165, 1.54) is 23.9 Å². The number of amides is 2. The van der Waals surface area contributed by atoms with E-state index < -0.39 is 22.9 Å². The Bertz CT molecular complexity index is 839. The summed E-state index contributed by atoms with van der Waals surface area (Å²) >= 11 is 1.30. The zero-order valence-electron chi connectivity index (χ0n) is 13.5. The van der Waals surface area contributed by atoms with Crippen molar-refractivity contribution in [1.29, 1.82) is 0 Å². The van der Waals surface area contributed by atoms with Gasteiger partial charge in [0.15, 0.2) is 0 Å². The van der Waals surface area contributed by atoms with Crippen molar-refractivity contribution in [3.63, 3.8) is 0 Å². The second-order valence-electron chi connectivity index (χ2n) is 5.77. The van der Waals surface area contributed by atoms with E-state index in [0.717, 1.165) is 17.0 Å². The quantitative estimate of drug-likeness (QED) is 0.848. The summed E-state index contributed by atoms with van der Waals surface area (Å²) in [6, 6.07) is 12.1. The first-order valence-electron chi connectivity index (χ1n) is 7.82. The molecule has 2 aromatic carbocycles. The molecule has 0 saturated carbocycles. The van der Waals surface area contributed by atoms with Crippen LogP contribution < -0.4 is 10.6 Å². The molecular weight excluding hydrogens is 365 g/mol. The lowest BCUT2D eigenvalue weighted by molar-refractivity contribution is -0.137. The smallest absolute Gasteiger partial charge is 0.352 e. The number of para-hydroxylation sites is 1. The summed E-state index contributed by atoms with van der Waals surface area (Å²) in [5.74, 6) is -0.655. The number of alkyl halides is 3. The second-order valence-corrected chi connectivity index (χ2v) is 7.02. The van der Waals surface area contributed by atoms with Gasteiger partial charge in [-0.2, -0.15) is 13.2 Å². The first-order valence-corrected chi connectivity index (χ1v) is 8.70. The normalized spacial score (nSPS) is 16.6. The number of nitrogens with one attached hydrogen (secondary N) is 2. The lowest BCUT2D eigenvalue weighted by Gasteiger charge is -2.23. The van der Waals surface area contributed by atoms with Crippen molar-refractivity contribution >= 4 is 29.3 Å². The van der Waals surface area contributed by atoms with Crippen LogP contribution in [0.3, 0.4) is 0 Å². The molecule has 0 aromatic heterocycles. The predicted molar refractivity (Wildman–Crippen MR) is 92.6 cm³/mol. The van der Waals surface area contributed by atoms with Crippen LogP contribution in [0.1, 0.15) is 17.5 Å². The minimum atomic E-state index is -4.43. The molecule has 26 heavy (non-hydrogen) atoms. The maximum atomic E-state index is 12.7. The standard InChI is InChI=1S/C18H15F3N2O2S/c19-18(20,21)12-5-3-4-11(8-12)10-22-16(24)9-15-17(25)23-13-6-1-2-7-14(13)26-15/h1-8,15H,9-10H2,(H,22,24)(H,23,25)/t15-/m1/s1. The number of thioether (sulfide) groups is 1. The van der Waals surface area contributed by atoms with E-state index in [9.17, 15) is 22.8 Å². The van der Waals surface area contributed by atoms with E-state index in [2.05, 4.69) is 10.6 Å². The van der Waals surface area contributed by atoms with E-state index in [-0.39, 0.29) is 18.9 Å². The molecule has 0 radical (unpaired) electrons. The first kappa shape index (κ1) is 18.3. The largest absolute Gasteiger partial charge is 0.416 e. The summed E-state index contributed by atoms with van der Waals surface area (Å²) in [6.07, 6.45) is -4.48. The number of halogens is 3. The minimum Gasteiger partial charge on any atom is -0.352 e. The zero-order valence-corrected chi connectivity index (χ0v) is 14.3. The van der Waals surface area contributed by atoms with Crippen molar-refractivity contribution < 1.29 is 22.8 Å². The first-order chi connectivity index (χ1) is 12.3. The molecule has 8 heteroatoms. The number of hydrogen-bond donors (Lipinski definition) is 2. The molecule has 0 fully saturated rings. The van der Waals surface area contributed by atoms with Gasteiger partial charge in [-0.3, -0.25) is 9.59 Å². The summed E-state index contributed by atoms with van der Waals surface area (Å²) in [6.45, 7) is -0.0294. The van der Waals surface area contributed by atoms with E-state index in [1.54, 1.807) is 6.07 Å². The molecule has 1 aliphatic heterocycles. The average molecular weight is 380 g/mol. The molecule has 1 atom stereocenters. The van der Waals surface area contributed by atoms with Gasteiger partial charge in [0.2, 0.25) is 11.8 Å². The third-order valence-corrected chi connectivity index (χ3v) is 5.10. The molecule has 0 spiro atoms. The molecule has 2 aromatic rings. The maximum absolute atomic E-state index is 12.7. The third-order valence-electron chi connectivity index (χ3n) is 3.82. The number of carbonyl (C=O) groups is 2. The molecule has 0 unspecified atom stereocenters. The Morgan fingerprint density at radius 3 is 2.69 bits per heavy atom. The topological polar surface area (TPSA) is 58.2 Å². The van der Waals surface area contributed by atoms with Crippen LogP contribution in [0.4, 0.5) is 18.9 Å². The predicted octanol–water partition coefficient (Wildman–Crippen LogP) is 3.82. The van der Waals surface area contributed by atoms with Crippen molar-refractivity contribution in [3.05, 3.63) is 59.7 Å². The van der Waals surface area contributed by atoms with Crippen LogP contribution in [-0.4, -0.2) is 17.1 Å². The summed E-state index contributed by atoms with van der Waals surface area (Å²) in [7, 11) is 0. The van der Waals surface area contributed by atoms with Crippen molar-refractivity contribution in [1.82, 2.24) is 5.32 Å². The fourth-order valence-corrected chi connectivity index (χ4v) is 3.64. The van der Waals surface area contributed by atoms with Gasteiger partial charge in [-0.05, 0) is 29.8 Å². The lowest BCUT2D eigenvalue weighted by atomic mass is 10.1. The fraction of sp³-hybridized carbons (Fsp3) is 0.222. The highest BCUT2D eigenvalue weighted by Crippen LogP contribution is 2.36. The van der Waals surface area contributed by atoms with E-state index in [4.69, 9.17) is 0 Å². The Hall–Kier alpha value is -2.48. The highest BCUT2D eigenvalue weighted by Gasteiger charge is 2.31. The van der Waals surface area contributed by atoms with E-state index in [0.29, 0.717) is 11.3 Å². The molecule has 4 nitrogen and oxygen atoms in total. The Balaban J connectivity index is 1.57. The van der Waals surface area contributed by atoms with Crippen molar-refractivity contribution in [2.24, 2.45) is 0 Å². The van der Waals surface area contributed by atoms with Gasteiger partial charge in [-0.15, -0.1) is 11.8 Å². The van der Waals surface area contributed by atoms with Crippen molar-refractivity contribution in [3.8, 4) is 0 Å². The highest BCUT2D eigenvalue weighted by atomic mass is 32.2. The van der Waals surface area contributed by atoms with Gasteiger partial charge in [0, 0.05) is 17.9 Å². The van der Waals surface area contributed by atoms with Crippen LogP contribution in [0.2, 0.25) is 0 Å². The van der Waals surface area contributed by atoms with Gasteiger partial charge in [0.25, 0.3) is 0 Å². The molecule has 2 amide bonds. The van der Waals surface area contributed by atoms with Crippen LogP contribution in [0.5, 0.6) is 0 Å². The summed E-state index contributed by atoms with van der Waals surface area (Å²) in [5.41, 5.74) is 0.297. The van der Waals surface area contributed by atoms with Crippen molar-refractivity contribution in [2.45, 2.75) is 29.3 Å². The lowest BCUT2D eigenvalue weighted by Crippen LogP contribution is -2.34. The van der Waals surface area contributed by atoms with Crippen molar-refractivity contribution in [2.75, 3.05) is 5.32 Å². The molecule has 2 N–H and O–H groups in total. The summed E-state index contributed by atoms with van der Waals surface area (Å²) in [5, 5.41) is 4.74. The zero-order chi connectivity index (χ0) is 18.7. The number of fused-ring (bicyclic) bond motifs is 1. The monoisotopic (exact) mass is 380 g/mol. The molecule has 0 saturated heterocycles. The molecule has 1 heterocycles. The Kier molecular flexibility index (Phi) is 5.22. The molecule has 136 valence electrons. The van der Waals surface area contributed by atoms with Crippen LogP contribution >= 0.6 is 11.8 Å². The van der Waals surface area contributed by atoms with Gasteiger partial charge >= 0.3 is 6.18 Å². The number of carbonyl (C=O) groups excluding carboxylic acids is 2. The SMILES string of the molecule is O=C(C[C@H]1Sc2ccccc2NC1=O)NCc1cccc(C(F)(F)F)c1. The van der Waals surface area contributed by atoms with Gasteiger partial charge in [-0.25, -0.2) is 0 Å². The summed E-state index contributed by atoms with van der Waals surface area (Å²) in [4.78, 5) is 25.1. The second kappa shape index (κ2) is 7.41. The van der Waals surface area contributed by atoms with E-state index >= 15 is 0 Å². The minimum absolute atomic E-state index is 0.0294. The Labute approximate surface area is 152 Å². The van der Waals surface area contributed by atoms with Gasteiger partial charge in [0.1, 0.15) is 0 Å². The number of hydrogen-bond acceptors (Lipinski definition) is 3. The molecule has 0 bridgehead atoms. The number of rotatable bonds is 4. The fourth-order valence-electron chi connectivity index (χ4n) is 2.53. The average Bonchev–Trinajstić information content (AvgIpc) is 2.60. The summed E-state index contributed by atoms with van der Waals surface area (Å²) < 4.78 is 38.1. The number of anilines is 1. The Morgan fingerprint density at radius 1 is 1.15 bits per heavy atom. The Morgan fingerprint density at radius 2 is 1.92 bits per heavy atom. The van der Waals surface area contributed by atoms with Gasteiger partial charge in [0.05, 0.1) is 16.5 Å². The molecule has 3 rings (SSSR count). The van der Waals surface area contributed by atoms with Gasteiger partial charge in [-0.1, -0.05) is 24.3 Å². The van der Waals surface area contributed by atoms with Crippen LogP contribution in [0.25, 0.3) is 0 Å². The maximum Gasteiger partial charge on any atom is 0.416 e. The number of benzene rings is 2. The third kappa shape index (κ3) is 4.37. The highest BCUT2D eigenvalue weighted by molar-refractivity contribution is 8.01. The molecule has 0 aliphatic carbocycles. The molecular formula is C18H15F3N2O2S. The van der Waals surface area contributed by atoms with E-state index in [1.807, 2.05) is 18.2 Å². The van der Waals surface area contributed by atoms with Crippen LogP contribution in [-0.2, 0) is 22.3 Å². The van der Waals surface area contributed by atoms with Crippen LogP contribution in [0.15, 0.2) is 53.4 Å². The molecule has 1 aliphatic rings. The van der Waals surface area contributed by atoms with Gasteiger partial charge < -0.3 is 10.6 Å². The van der Waals surface area contributed by atoms with Crippen LogP contribution in [0, 0.1) is 0 Å².